The minimum atomic E-state index is -0.438. The lowest BCUT2D eigenvalue weighted by Gasteiger charge is -2.36. The van der Waals surface area contributed by atoms with E-state index >= 15 is 0 Å². The molecule has 1 N–H and O–H groups in total. The molecule has 7 heteroatoms. The number of fused-ring (bicyclic) bond motifs is 2. The first-order valence-corrected chi connectivity index (χ1v) is 10.6. The number of hydrogen-bond donors (Lipinski definition) is 1. The molecule has 3 rings (SSSR count). The van der Waals surface area contributed by atoms with E-state index < -0.39 is 18.5 Å². The number of carbonyl (C=O) groups excluding carboxylic acids is 4. The highest BCUT2D eigenvalue weighted by molar-refractivity contribution is 5.96. The van der Waals surface area contributed by atoms with Gasteiger partial charge in [0, 0.05) is 24.6 Å². The summed E-state index contributed by atoms with van der Waals surface area (Å²) in [5, 5.41) is 2.84. The molecule has 2 aliphatic carbocycles. The van der Waals surface area contributed by atoms with Gasteiger partial charge in [0.05, 0.1) is 12.5 Å². The van der Waals surface area contributed by atoms with Crippen LogP contribution in [0.2, 0.25) is 0 Å². The van der Waals surface area contributed by atoms with Gasteiger partial charge in [0.2, 0.25) is 5.91 Å². The Morgan fingerprint density at radius 3 is 2.30 bits per heavy atom. The third-order valence-corrected chi connectivity index (χ3v) is 6.27. The highest BCUT2D eigenvalue weighted by atomic mass is 16.5. The molecule has 2 saturated carbocycles. The minimum Gasteiger partial charge on any atom is -0.455 e. The molecule has 2 unspecified atom stereocenters. The Morgan fingerprint density at radius 2 is 1.70 bits per heavy atom. The van der Waals surface area contributed by atoms with E-state index in [0.29, 0.717) is 12.8 Å². The van der Waals surface area contributed by atoms with Crippen molar-refractivity contribution in [2.24, 2.45) is 17.8 Å². The minimum absolute atomic E-state index is 0.0398. The molecule has 0 radical (unpaired) electrons. The highest BCUT2D eigenvalue weighted by Crippen LogP contribution is 2.40. The average Bonchev–Trinajstić information content (AvgIpc) is 2.68. The van der Waals surface area contributed by atoms with Crippen molar-refractivity contribution in [3.63, 3.8) is 0 Å². The van der Waals surface area contributed by atoms with Crippen LogP contribution in [0, 0.1) is 31.6 Å². The number of para-hydroxylation sites is 1. The molecule has 0 spiro atoms. The van der Waals surface area contributed by atoms with Crippen molar-refractivity contribution in [3.05, 3.63) is 29.3 Å². The van der Waals surface area contributed by atoms with E-state index in [-0.39, 0.29) is 36.0 Å². The summed E-state index contributed by atoms with van der Waals surface area (Å²) in [5.41, 5.74) is 2.64. The number of benzene rings is 1. The fourth-order valence-corrected chi connectivity index (χ4v) is 4.53. The average molecular weight is 415 g/mol. The first-order chi connectivity index (χ1) is 14.3. The van der Waals surface area contributed by atoms with Gasteiger partial charge in [0.15, 0.2) is 6.61 Å². The molecule has 2 fully saturated rings. The summed E-state index contributed by atoms with van der Waals surface area (Å²) in [6.45, 7) is 3.28. The molecule has 2 amide bonds. The van der Waals surface area contributed by atoms with Crippen molar-refractivity contribution in [1.82, 2.24) is 4.90 Å². The number of carbonyl (C=O) groups is 4. The number of nitrogens with one attached hydrogen (secondary N) is 1. The zero-order chi connectivity index (χ0) is 21.8. The lowest BCUT2D eigenvalue weighted by molar-refractivity contribution is -0.158. The maximum atomic E-state index is 12.4. The van der Waals surface area contributed by atoms with Crippen molar-refractivity contribution in [1.29, 1.82) is 0 Å². The maximum absolute atomic E-state index is 12.4. The standard InChI is InChI=1S/C23H30N2O5/c1-14-6-4-7-15(2)21(14)24-19(26)12-25(3)20(27)13-30-23(29)18-10-16-8-5-9-17(11-18)22(16)28/h4,6-7,16-18H,5,8-13H2,1-3H3,(H,24,26). The number of ketones is 1. The molecule has 1 aromatic carbocycles. The molecular formula is C23H30N2O5. The summed E-state index contributed by atoms with van der Waals surface area (Å²) in [6, 6.07) is 5.73. The summed E-state index contributed by atoms with van der Waals surface area (Å²) in [6.07, 6.45) is 3.77. The molecule has 7 nitrogen and oxygen atoms in total. The van der Waals surface area contributed by atoms with E-state index in [2.05, 4.69) is 5.32 Å². The second kappa shape index (κ2) is 9.41. The normalized spacial score (nSPS) is 22.9. The second-order valence-corrected chi connectivity index (χ2v) is 8.57. The maximum Gasteiger partial charge on any atom is 0.309 e. The third kappa shape index (κ3) is 5.07. The summed E-state index contributed by atoms with van der Waals surface area (Å²) in [7, 11) is 1.50. The summed E-state index contributed by atoms with van der Waals surface area (Å²) in [4.78, 5) is 50.4. The van der Waals surface area contributed by atoms with Crippen LogP contribution in [-0.4, -0.2) is 48.7 Å². The number of anilines is 1. The third-order valence-electron chi connectivity index (χ3n) is 6.27. The number of esters is 1. The Kier molecular flexibility index (Phi) is 6.90. The topological polar surface area (TPSA) is 92.8 Å². The molecule has 0 saturated heterocycles. The van der Waals surface area contributed by atoms with Gasteiger partial charge in [0.25, 0.3) is 5.91 Å². The Labute approximate surface area is 177 Å². The molecule has 2 bridgehead atoms. The lowest BCUT2D eigenvalue weighted by atomic mass is 9.67. The van der Waals surface area contributed by atoms with Gasteiger partial charge in [-0.05, 0) is 50.7 Å². The number of likely N-dealkylation sites (N-methyl/N-ethyl adjacent to an activating group) is 1. The molecule has 162 valence electrons. The smallest absolute Gasteiger partial charge is 0.309 e. The number of rotatable bonds is 6. The predicted molar refractivity (Wildman–Crippen MR) is 112 cm³/mol. The first kappa shape index (κ1) is 22.0. The van der Waals surface area contributed by atoms with Crippen molar-refractivity contribution in [2.45, 2.75) is 46.0 Å². The van der Waals surface area contributed by atoms with Gasteiger partial charge in [-0.1, -0.05) is 24.6 Å². The van der Waals surface area contributed by atoms with Gasteiger partial charge in [-0.2, -0.15) is 0 Å². The Bertz CT molecular complexity index is 814. The quantitative estimate of drug-likeness (QED) is 0.723. The van der Waals surface area contributed by atoms with E-state index in [1.54, 1.807) is 0 Å². The van der Waals surface area contributed by atoms with Crippen LogP contribution in [0.1, 0.15) is 43.2 Å². The van der Waals surface area contributed by atoms with E-state index in [1.807, 2.05) is 32.0 Å². The summed E-state index contributed by atoms with van der Waals surface area (Å²) in [5.74, 6) is -1.27. The van der Waals surface area contributed by atoms with Crippen LogP contribution in [0.25, 0.3) is 0 Å². The first-order valence-electron chi connectivity index (χ1n) is 10.6. The fraction of sp³-hybridized carbons (Fsp3) is 0.565. The zero-order valence-corrected chi connectivity index (χ0v) is 17.9. The van der Waals surface area contributed by atoms with E-state index in [9.17, 15) is 19.2 Å². The summed E-state index contributed by atoms with van der Waals surface area (Å²) >= 11 is 0. The molecule has 1 aromatic rings. The van der Waals surface area contributed by atoms with Crippen LogP contribution in [0.3, 0.4) is 0 Å². The van der Waals surface area contributed by atoms with E-state index in [0.717, 1.165) is 36.1 Å². The molecule has 2 aliphatic rings. The Hall–Kier alpha value is -2.70. The van der Waals surface area contributed by atoms with Crippen LogP contribution in [0.15, 0.2) is 18.2 Å². The number of amides is 2. The molecule has 0 heterocycles. The SMILES string of the molecule is Cc1cccc(C)c1NC(=O)CN(C)C(=O)COC(=O)C1CC2CCCC(C1)C2=O. The van der Waals surface area contributed by atoms with Gasteiger partial charge in [-0.3, -0.25) is 19.2 Å². The van der Waals surface area contributed by atoms with Crippen molar-refractivity contribution < 1.29 is 23.9 Å². The predicted octanol–water partition coefficient (Wildman–Crippen LogP) is 2.64. The number of hydrogen-bond acceptors (Lipinski definition) is 5. The van der Waals surface area contributed by atoms with Gasteiger partial charge in [-0.25, -0.2) is 0 Å². The van der Waals surface area contributed by atoms with Gasteiger partial charge in [0.1, 0.15) is 5.78 Å². The van der Waals surface area contributed by atoms with Crippen LogP contribution < -0.4 is 5.32 Å². The van der Waals surface area contributed by atoms with Crippen LogP contribution in [0.4, 0.5) is 5.69 Å². The lowest BCUT2D eigenvalue weighted by Crippen LogP contribution is -2.41. The van der Waals surface area contributed by atoms with Crippen molar-refractivity contribution in [3.8, 4) is 0 Å². The largest absolute Gasteiger partial charge is 0.455 e. The Balaban J connectivity index is 1.46. The molecule has 2 atom stereocenters. The number of Topliss-reactive ketones (excluding diaryl/α,β-unsaturated/α-hetero) is 1. The van der Waals surface area contributed by atoms with E-state index in [4.69, 9.17) is 4.74 Å². The van der Waals surface area contributed by atoms with Crippen molar-refractivity contribution in [2.75, 3.05) is 25.5 Å². The van der Waals surface area contributed by atoms with Crippen molar-refractivity contribution >= 4 is 29.3 Å². The monoisotopic (exact) mass is 414 g/mol. The second-order valence-electron chi connectivity index (χ2n) is 8.57. The van der Waals surface area contributed by atoms with Crippen LogP contribution in [-0.2, 0) is 23.9 Å². The van der Waals surface area contributed by atoms with Crippen LogP contribution in [0.5, 0.6) is 0 Å². The van der Waals surface area contributed by atoms with Crippen LogP contribution >= 0.6 is 0 Å². The molecule has 0 aliphatic heterocycles. The Morgan fingerprint density at radius 1 is 1.10 bits per heavy atom. The fourth-order valence-electron chi connectivity index (χ4n) is 4.53. The van der Waals surface area contributed by atoms with Gasteiger partial charge >= 0.3 is 5.97 Å². The highest BCUT2D eigenvalue weighted by Gasteiger charge is 2.41. The molecule has 30 heavy (non-hydrogen) atoms. The number of ether oxygens (including phenoxy) is 1. The zero-order valence-electron chi connectivity index (χ0n) is 17.9. The number of nitrogens with zero attached hydrogens (tertiary/aromatic N) is 1. The molecule has 0 aromatic heterocycles. The van der Waals surface area contributed by atoms with Gasteiger partial charge in [-0.15, -0.1) is 0 Å². The summed E-state index contributed by atoms with van der Waals surface area (Å²) < 4.78 is 5.23. The molecular weight excluding hydrogens is 384 g/mol. The van der Waals surface area contributed by atoms with E-state index in [1.165, 1.54) is 11.9 Å². The van der Waals surface area contributed by atoms with Gasteiger partial charge < -0.3 is 15.0 Å². The number of aryl methyl sites for hydroxylation is 2.